The van der Waals surface area contributed by atoms with E-state index in [1.807, 2.05) is 4.90 Å². The maximum absolute atomic E-state index is 12.0. The minimum Gasteiger partial charge on any atom is -0.478 e. The van der Waals surface area contributed by atoms with Crippen LogP contribution in [-0.2, 0) is 14.6 Å². The fourth-order valence-electron chi connectivity index (χ4n) is 2.62. The van der Waals surface area contributed by atoms with Crippen molar-refractivity contribution in [2.75, 3.05) is 31.4 Å². The highest BCUT2D eigenvalue weighted by Gasteiger charge is 2.28. The molecule has 0 aromatic heterocycles. The Balaban J connectivity index is 2.52. The van der Waals surface area contributed by atoms with Gasteiger partial charge in [0.1, 0.15) is 0 Å². The van der Waals surface area contributed by atoms with Crippen molar-refractivity contribution in [2.24, 2.45) is 0 Å². The van der Waals surface area contributed by atoms with Crippen LogP contribution in [0.25, 0.3) is 0 Å². The summed E-state index contributed by atoms with van der Waals surface area (Å²) in [5, 5.41) is 9.15. The molecular weight excluding hydrogens is 330 g/mol. The molecule has 1 aliphatic rings. The molecular formula is C14H18ClNO5S. The highest BCUT2D eigenvalue weighted by Crippen LogP contribution is 2.37. The number of carboxylic acids is 1. The van der Waals surface area contributed by atoms with Gasteiger partial charge >= 0.3 is 5.97 Å². The summed E-state index contributed by atoms with van der Waals surface area (Å²) in [5.74, 6) is -1.18. The fourth-order valence-corrected chi connectivity index (χ4v) is 3.94. The van der Waals surface area contributed by atoms with E-state index in [2.05, 4.69) is 0 Å². The van der Waals surface area contributed by atoms with Crippen LogP contribution in [0.15, 0.2) is 17.0 Å². The van der Waals surface area contributed by atoms with Crippen molar-refractivity contribution in [1.82, 2.24) is 0 Å². The maximum atomic E-state index is 12.0. The Morgan fingerprint density at radius 1 is 1.36 bits per heavy atom. The summed E-state index contributed by atoms with van der Waals surface area (Å²) in [6.07, 6.45) is 2.67. The van der Waals surface area contributed by atoms with Crippen molar-refractivity contribution in [1.29, 1.82) is 0 Å². The molecule has 8 heteroatoms. The first-order valence-corrected chi connectivity index (χ1v) is 9.06. The lowest BCUT2D eigenvalue weighted by atomic mass is 10.1. The number of carboxylic acid groups (broad SMARTS) is 1. The van der Waals surface area contributed by atoms with Gasteiger partial charge in [0.25, 0.3) is 0 Å². The van der Waals surface area contributed by atoms with Crippen LogP contribution in [0.4, 0.5) is 5.69 Å². The van der Waals surface area contributed by atoms with Gasteiger partial charge in [-0.3, -0.25) is 0 Å². The molecule has 1 saturated heterocycles. The second kappa shape index (κ2) is 6.44. The monoisotopic (exact) mass is 347 g/mol. The van der Waals surface area contributed by atoms with Crippen LogP contribution < -0.4 is 4.90 Å². The summed E-state index contributed by atoms with van der Waals surface area (Å²) in [4.78, 5) is 13.1. The third kappa shape index (κ3) is 3.37. The molecule has 1 aromatic carbocycles. The zero-order chi connectivity index (χ0) is 16.5. The van der Waals surface area contributed by atoms with Crippen LogP contribution in [0, 0.1) is 0 Å². The van der Waals surface area contributed by atoms with Gasteiger partial charge in [-0.2, -0.15) is 0 Å². The lowest BCUT2D eigenvalue weighted by Gasteiger charge is -2.34. The van der Waals surface area contributed by atoms with Crippen LogP contribution in [-0.4, -0.2) is 52.1 Å². The van der Waals surface area contributed by atoms with Gasteiger partial charge in [-0.15, -0.1) is 0 Å². The Morgan fingerprint density at radius 3 is 2.41 bits per heavy atom. The summed E-state index contributed by atoms with van der Waals surface area (Å²) in [6.45, 7) is 1.12. The van der Waals surface area contributed by atoms with E-state index in [9.17, 15) is 18.3 Å². The Kier molecular flexibility index (Phi) is 4.99. The fraction of sp³-hybridized carbons (Fsp3) is 0.500. The molecule has 22 heavy (non-hydrogen) atoms. The molecule has 0 atom stereocenters. The molecule has 0 radical (unpaired) electrons. The first-order chi connectivity index (χ1) is 10.3. The maximum Gasteiger partial charge on any atom is 0.337 e. The van der Waals surface area contributed by atoms with Crippen molar-refractivity contribution in [2.45, 2.75) is 23.8 Å². The number of sulfone groups is 1. The molecule has 1 heterocycles. The number of aromatic carboxylic acids is 1. The minimum absolute atomic E-state index is 0.0358. The van der Waals surface area contributed by atoms with E-state index in [0.717, 1.165) is 19.1 Å². The van der Waals surface area contributed by atoms with Crippen LogP contribution in [0.2, 0.25) is 5.02 Å². The Bertz CT molecular complexity index is 681. The molecule has 2 rings (SSSR count). The molecule has 0 spiro atoms. The summed E-state index contributed by atoms with van der Waals surface area (Å²) in [7, 11) is -1.88. The highest BCUT2D eigenvalue weighted by molar-refractivity contribution is 7.90. The largest absolute Gasteiger partial charge is 0.478 e. The summed E-state index contributed by atoms with van der Waals surface area (Å²) >= 11 is 6.20. The Hall–Kier alpha value is -1.31. The molecule has 1 fully saturated rings. The van der Waals surface area contributed by atoms with Crippen molar-refractivity contribution in [3.8, 4) is 0 Å². The number of anilines is 1. The molecule has 1 N–H and O–H groups in total. The normalized spacial score (nSPS) is 16.8. The smallest absolute Gasteiger partial charge is 0.337 e. The van der Waals surface area contributed by atoms with Gasteiger partial charge in [-0.05, 0) is 25.0 Å². The number of halogens is 1. The van der Waals surface area contributed by atoms with E-state index in [1.165, 1.54) is 12.1 Å². The number of methoxy groups -OCH3 is 1. The highest BCUT2D eigenvalue weighted by atomic mass is 35.5. The van der Waals surface area contributed by atoms with E-state index < -0.39 is 15.8 Å². The third-order valence-electron chi connectivity index (χ3n) is 3.80. The van der Waals surface area contributed by atoms with Crippen molar-refractivity contribution in [3.63, 3.8) is 0 Å². The second-order valence-corrected chi connectivity index (χ2v) is 7.64. The molecule has 6 nitrogen and oxygen atoms in total. The number of rotatable bonds is 4. The minimum atomic E-state index is -3.52. The van der Waals surface area contributed by atoms with Crippen LogP contribution >= 0.6 is 11.6 Å². The average molecular weight is 348 g/mol. The molecule has 0 bridgehead atoms. The number of hydrogen-bond donors (Lipinski definition) is 1. The van der Waals surface area contributed by atoms with Crippen molar-refractivity contribution in [3.05, 3.63) is 22.7 Å². The van der Waals surface area contributed by atoms with E-state index in [-0.39, 0.29) is 27.3 Å². The molecule has 1 aromatic rings. The second-order valence-electron chi connectivity index (χ2n) is 5.27. The number of carbonyl (C=O) groups is 1. The van der Waals surface area contributed by atoms with Gasteiger partial charge < -0.3 is 14.7 Å². The van der Waals surface area contributed by atoms with Crippen molar-refractivity contribution < 1.29 is 23.1 Å². The molecule has 0 saturated carbocycles. The molecule has 122 valence electrons. The molecule has 0 unspecified atom stereocenters. The van der Waals surface area contributed by atoms with Gasteiger partial charge in [0.2, 0.25) is 0 Å². The van der Waals surface area contributed by atoms with E-state index >= 15 is 0 Å². The quantitative estimate of drug-likeness (QED) is 0.897. The standard InChI is InChI=1S/C14H18ClNO5S/c1-21-9-5-7-16(8-6-9)13-11(22(2,19)20)4-3-10(12(13)15)14(17)18/h3-4,9H,5-8H2,1-2H3,(H,17,18). The van der Waals surface area contributed by atoms with E-state index in [0.29, 0.717) is 13.1 Å². The Morgan fingerprint density at radius 2 is 1.95 bits per heavy atom. The van der Waals surface area contributed by atoms with Crippen LogP contribution in [0.1, 0.15) is 23.2 Å². The van der Waals surface area contributed by atoms with Crippen LogP contribution in [0.3, 0.4) is 0 Å². The van der Waals surface area contributed by atoms with Gasteiger partial charge in [0, 0.05) is 26.5 Å². The third-order valence-corrected chi connectivity index (χ3v) is 5.31. The van der Waals surface area contributed by atoms with E-state index in [4.69, 9.17) is 16.3 Å². The predicted molar refractivity (Wildman–Crippen MR) is 83.8 cm³/mol. The molecule has 1 aliphatic heterocycles. The topological polar surface area (TPSA) is 83.9 Å². The summed E-state index contributed by atoms with van der Waals surface area (Å²) < 4.78 is 29.3. The predicted octanol–water partition coefficient (Wildman–Crippen LogP) is 2.06. The first-order valence-electron chi connectivity index (χ1n) is 6.79. The Labute approximate surface area is 134 Å². The molecule has 0 amide bonds. The number of hydrogen-bond acceptors (Lipinski definition) is 5. The van der Waals surface area contributed by atoms with Gasteiger partial charge in [0.15, 0.2) is 9.84 Å². The lowest BCUT2D eigenvalue weighted by molar-refractivity contribution is 0.0696. The summed E-state index contributed by atoms with van der Waals surface area (Å²) in [5.41, 5.74) is 0.177. The number of ether oxygens (including phenoxy) is 1. The summed E-state index contributed by atoms with van der Waals surface area (Å²) in [6, 6.07) is 2.54. The van der Waals surface area contributed by atoms with Crippen LogP contribution in [0.5, 0.6) is 0 Å². The van der Waals surface area contributed by atoms with Gasteiger partial charge in [-0.25, -0.2) is 13.2 Å². The number of piperidine rings is 1. The van der Waals surface area contributed by atoms with Gasteiger partial charge in [0.05, 0.1) is 27.3 Å². The van der Waals surface area contributed by atoms with E-state index in [1.54, 1.807) is 7.11 Å². The zero-order valence-corrected chi connectivity index (χ0v) is 13.9. The van der Waals surface area contributed by atoms with Crippen molar-refractivity contribution >= 4 is 33.1 Å². The number of benzene rings is 1. The first kappa shape index (κ1) is 17.1. The zero-order valence-electron chi connectivity index (χ0n) is 12.4. The average Bonchev–Trinajstić information content (AvgIpc) is 2.45. The lowest BCUT2D eigenvalue weighted by Crippen LogP contribution is -2.37. The number of nitrogens with zero attached hydrogens (tertiary/aromatic N) is 1. The SMILES string of the molecule is COC1CCN(c2c(S(C)(=O)=O)ccc(C(=O)O)c2Cl)CC1. The molecule has 0 aliphatic carbocycles. The van der Waals surface area contributed by atoms with Gasteiger partial charge in [-0.1, -0.05) is 11.6 Å².